The van der Waals surface area contributed by atoms with Gasteiger partial charge in [-0.25, -0.2) is 4.98 Å². The number of aromatic nitrogens is 1. The quantitative estimate of drug-likeness (QED) is 0.808. The van der Waals surface area contributed by atoms with Crippen LogP contribution in [-0.2, 0) is 11.3 Å². The Hall–Kier alpha value is -0.940. The van der Waals surface area contributed by atoms with E-state index in [0.717, 1.165) is 10.7 Å². The van der Waals surface area contributed by atoms with Crippen LogP contribution in [-0.4, -0.2) is 16.9 Å². The van der Waals surface area contributed by atoms with Crippen molar-refractivity contribution < 1.29 is 4.79 Å². The van der Waals surface area contributed by atoms with Crippen molar-refractivity contribution in [2.45, 2.75) is 33.4 Å². The van der Waals surface area contributed by atoms with Gasteiger partial charge in [0, 0.05) is 11.1 Å². The summed E-state index contributed by atoms with van der Waals surface area (Å²) < 4.78 is 0. The lowest BCUT2D eigenvalue weighted by Crippen LogP contribution is -2.43. The van der Waals surface area contributed by atoms with Crippen LogP contribution in [0, 0.1) is 12.8 Å². The van der Waals surface area contributed by atoms with E-state index in [0.29, 0.717) is 6.54 Å². The molecule has 15 heavy (non-hydrogen) atoms. The van der Waals surface area contributed by atoms with E-state index in [1.165, 1.54) is 0 Å². The highest BCUT2D eigenvalue weighted by molar-refractivity contribution is 7.09. The fourth-order valence-corrected chi connectivity index (χ4v) is 1.78. The first-order chi connectivity index (χ1) is 7.00. The van der Waals surface area contributed by atoms with Gasteiger partial charge >= 0.3 is 0 Å². The summed E-state index contributed by atoms with van der Waals surface area (Å²) >= 11 is 1.54. The Kier molecular flexibility index (Phi) is 4.23. The van der Waals surface area contributed by atoms with Crippen molar-refractivity contribution in [2.24, 2.45) is 11.7 Å². The van der Waals surface area contributed by atoms with E-state index in [1.54, 1.807) is 11.3 Å². The third-order valence-corrected chi connectivity index (χ3v) is 3.07. The largest absolute Gasteiger partial charge is 0.348 e. The molecule has 1 aromatic rings. The number of nitrogens with zero attached hydrogens (tertiary/aromatic N) is 1. The molecular formula is C10H17N3OS. The van der Waals surface area contributed by atoms with Crippen molar-refractivity contribution >= 4 is 17.2 Å². The minimum absolute atomic E-state index is 0.113. The average molecular weight is 227 g/mol. The summed E-state index contributed by atoms with van der Waals surface area (Å²) in [6.07, 6.45) is 0. The highest BCUT2D eigenvalue weighted by atomic mass is 32.1. The van der Waals surface area contributed by atoms with Gasteiger partial charge in [-0.2, -0.15) is 0 Å². The van der Waals surface area contributed by atoms with E-state index in [-0.39, 0.29) is 11.8 Å². The number of carbonyl (C=O) groups excluding carboxylic acids is 1. The highest BCUT2D eigenvalue weighted by Gasteiger charge is 2.16. The maximum atomic E-state index is 11.5. The summed E-state index contributed by atoms with van der Waals surface area (Å²) in [5.74, 6) is 0.0425. The minimum atomic E-state index is -0.439. The molecule has 0 spiro atoms. The van der Waals surface area contributed by atoms with Crippen LogP contribution in [0.3, 0.4) is 0 Å². The molecule has 1 amide bonds. The second-order valence-corrected chi connectivity index (χ2v) is 4.81. The zero-order valence-corrected chi connectivity index (χ0v) is 10.1. The van der Waals surface area contributed by atoms with Gasteiger partial charge in [0.25, 0.3) is 0 Å². The standard InChI is InChI=1S/C10H17N3OS/c1-6(2)9(11)10(14)12-4-8-13-7(3)5-15-8/h5-6,9H,4,11H2,1-3H3,(H,12,14)/t9-/m1/s1. The summed E-state index contributed by atoms with van der Waals surface area (Å²) in [7, 11) is 0. The van der Waals surface area contributed by atoms with Crippen LogP contribution in [0.25, 0.3) is 0 Å². The average Bonchev–Trinajstić information content (AvgIpc) is 2.59. The minimum Gasteiger partial charge on any atom is -0.348 e. The molecule has 0 aromatic carbocycles. The van der Waals surface area contributed by atoms with Crippen LogP contribution in [0.1, 0.15) is 24.5 Å². The Labute approximate surface area is 93.9 Å². The normalized spacial score (nSPS) is 12.9. The van der Waals surface area contributed by atoms with Crippen molar-refractivity contribution in [3.05, 3.63) is 16.1 Å². The third-order valence-electron chi connectivity index (χ3n) is 2.10. The van der Waals surface area contributed by atoms with Gasteiger partial charge in [-0.3, -0.25) is 4.79 Å². The topological polar surface area (TPSA) is 68.0 Å². The van der Waals surface area contributed by atoms with Crippen LogP contribution < -0.4 is 11.1 Å². The van der Waals surface area contributed by atoms with E-state index in [2.05, 4.69) is 10.3 Å². The van der Waals surface area contributed by atoms with Crippen molar-refractivity contribution in [2.75, 3.05) is 0 Å². The Morgan fingerprint density at radius 2 is 2.33 bits per heavy atom. The number of nitrogens with one attached hydrogen (secondary N) is 1. The number of carbonyl (C=O) groups is 1. The molecule has 1 aromatic heterocycles. The van der Waals surface area contributed by atoms with Gasteiger partial charge < -0.3 is 11.1 Å². The molecule has 0 unspecified atom stereocenters. The predicted molar refractivity (Wildman–Crippen MR) is 61.5 cm³/mol. The van der Waals surface area contributed by atoms with Crippen molar-refractivity contribution in [3.63, 3.8) is 0 Å². The number of rotatable bonds is 4. The lowest BCUT2D eigenvalue weighted by molar-refractivity contribution is -0.123. The molecule has 0 aliphatic carbocycles. The monoisotopic (exact) mass is 227 g/mol. The first-order valence-corrected chi connectivity index (χ1v) is 5.83. The fraction of sp³-hybridized carbons (Fsp3) is 0.600. The van der Waals surface area contributed by atoms with Crippen molar-refractivity contribution in [1.29, 1.82) is 0 Å². The van der Waals surface area contributed by atoms with E-state index >= 15 is 0 Å². The molecule has 0 bridgehead atoms. The Morgan fingerprint density at radius 1 is 1.67 bits per heavy atom. The molecule has 0 aliphatic rings. The van der Waals surface area contributed by atoms with Gasteiger partial charge in [0.15, 0.2) is 0 Å². The lowest BCUT2D eigenvalue weighted by atomic mass is 10.1. The first-order valence-electron chi connectivity index (χ1n) is 4.95. The molecule has 84 valence electrons. The maximum absolute atomic E-state index is 11.5. The molecule has 1 atom stereocenters. The van der Waals surface area contributed by atoms with E-state index in [4.69, 9.17) is 5.73 Å². The zero-order chi connectivity index (χ0) is 11.4. The number of hydrogen-bond acceptors (Lipinski definition) is 4. The van der Waals surface area contributed by atoms with Crippen LogP contribution in [0.5, 0.6) is 0 Å². The van der Waals surface area contributed by atoms with Crippen molar-refractivity contribution in [1.82, 2.24) is 10.3 Å². The van der Waals surface area contributed by atoms with E-state index in [9.17, 15) is 4.79 Å². The lowest BCUT2D eigenvalue weighted by Gasteiger charge is -2.14. The molecule has 1 rings (SSSR count). The molecule has 0 saturated carbocycles. The Morgan fingerprint density at radius 3 is 2.80 bits per heavy atom. The van der Waals surface area contributed by atoms with Crippen molar-refractivity contribution in [3.8, 4) is 0 Å². The Balaban J connectivity index is 2.40. The number of thiazole rings is 1. The SMILES string of the molecule is Cc1csc(CNC(=O)[C@H](N)C(C)C)n1. The zero-order valence-electron chi connectivity index (χ0n) is 9.28. The summed E-state index contributed by atoms with van der Waals surface area (Å²) in [4.78, 5) is 15.8. The maximum Gasteiger partial charge on any atom is 0.237 e. The second kappa shape index (κ2) is 5.23. The molecule has 0 saturated heterocycles. The second-order valence-electron chi connectivity index (χ2n) is 3.87. The summed E-state index contributed by atoms with van der Waals surface area (Å²) in [6, 6.07) is -0.439. The smallest absolute Gasteiger partial charge is 0.237 e. The van der Waals surface area contributed by atoms with Crippen LogP contribution in [0.15, 0.2) is 5.38 Å². The number of amides is 1. The molecule has 0 aliphatic heterocycles. The molecule has 1 heterocycles. The van der Waals surface area contributed by atoms with Gasteiger partial charge in [-0.05, 0) is 12.8 Å². The molecule has 5 heteroatoms. The van der Waals surface area contributed by atoms with Crippen LogP contribution >= 0.6 is 11.3 Å². The van der Waals surface area contributed by atoms with E-state index < -0.39 is 6.04 Å². The first kappa shape index (κ1) is 12.1. The van der Waals surface area contributed by atoms with Gasteiger partial charge in [0.05, 0.1) is 12.6 Å². The molecule has 4 nitrogen and oxygen atoms in total. The molecule has 3 N–H and O–H groups in total. The van der Waals surface area contributed by atoms with Gasteiger partial charge in [0.1, 0.15) is 5.01 Å². The van der Waals surface area contributed by atoms with Crippen LogP contribution in [0.2, 0.25) is 0 Å². The highest BCUT2D eigenvalue weighted by Crippen LogP contribution is 2.08. The summed E-state index contributed by atoms with van der Waals surface area (Å²) in [5.41, 5.74) is 6.68. The van der Waals surface area contributed by atoms with Gasteiger partial charge in [0.2, 0.25) is 5.91 Å². The van der Waals surface area contributed by atoms with Crippen LogP contribution in [0.4, 0.5) is 0 Å². The third kappa shape index (κ3) is 3.60. The molecule has 0 radical (unpaired) electrons. The predicted octanol–water partition coefficient (Wildman–Crippen LogP) is 1.05. The Bertz CT molecular complexity index is 335. The number of nitrogens with two attached hydrogens (primary N) is 1. The fourth-order valence-electron chi connectivity index (χ4n) is 1.07. The summed E-state index contributed by atoms with van der Waals surface area (Å²) in [6.45, 7) is 6.26. The number of hydrogen-bond donors (Lipinski definition) is 2. The molecule has 0 fully saturated rings. The van der Waals surface area contributed by atoms with Gasteiger partial charge in [-0.1, -0.05) is 13.8 Å². The number of aryl methyl sites for hydroxylation is 1. The van der Waals surface area contributed by atoms with Gasteiger partial charge in [-0.15, -0.1) is 11.3 Å². The van der Waals surface area contributed by atoms with E-state index in [1.807, 2.05) is 26.2 Å². The summed E-state index contributed by atoms with van der Waals surface area (Å²) in [5, 5.41) is 5.65. The molecular weight excluding hydrogens is 210 g/mol.